The van der Waals surface area contributed by atoms with Crippen molar-refractivity contribution in [3.63, 3.8) is 0 Å². The standard InChI is InChI=1S/C15H27N3O3/c1-3-21-14(19)13-4-7-18(8-5-13)15(16-2)17-10-12-6-9-20-11-12/h12-13H,3-11H2,1-2H3,(H,16,17). The summed E-state index contributed by atoms with van der Waals surface area (Å²) in [4.78, 5) is 18.3. The number of likely N-dealkylation sites (tertiary alicyclic amines) is 1. The first-order valence-electron chi connectivity index (χ1n) is 7.94. The predicted octanol–water partition coefficient (Wildman–Crippen LogP) is 0.873. The Hall–Kier alpha value is -1.30. The number of carbonyl (C=O) groups is 1. The number of nitrogens with one attached hydrogen (secondary N) is 1. The first-order chi connectivity index (χ1) is 10.2. The predicted molar refractivity (Wildman–Crippen MR) is 81.2 cm³/mol. The van der Waals surface area contributed by atoms with Crippen LogP contribution in [0.15, 0.2) is 4.99 Å². The highest BCUT2D eigenvalue weighted by Gasteiger charge is 2.27. The van der Waals surface area contributed by atoms with Crippen molar-refractivity contribution in [3.05, 3.63) is 0 Å². The second-order valence-electron chi connectivity index (χ2n) is 5.67. The van der Waals surface area contributed by atoms with Gasteiger partial charge in [0.15, 0.2) is 5.96 Å². The van der Waals surface area contributed by atoms with Gasteiger partial charge in [0.2, 0.25) is 0 Å². The fourth-order valence-corrected chi connectivity index (χ4v) is 2.90. The van der Waals surface area contributed by atoms with E-state index in [0.29, 0.717) is 12.5 Å². The van der Waals surface area contributed by atoms with Crippen LogP contribution in [0.1, 0.15) is 26.2 Å². The summed E-state index contributed by atoms with van der Waals surface area (Å²) >= 11 is 0. The molecule has 6 nitrogen and oxygen atoms in total. The summed E-state index contributed by atoms with van der Waals surface area (Å²) in [6, 6.07) is 0. The van der Waals surface area contributed by atoms with Gasteiger partial charge in [-0.15, -0.1) is 0 Å². The lowest BCUT2D eigenvalue weighted by Crippen LogP contribution is -2.47. The van der Waals surface area contributed by atoms with Gasteiger partial charge >= 0.3 is 5.97 Å². The zero-order valence-corrected chi connectivity index (χ0v) is 13.1. The molecular weight excluding hydrogens is 270 g/mol. The maximum atomic E-state index is 11.7. The Balaban J connectivity index is 1.75. The number of piperidine rings is 1. The van der Waals surface area contributed by atoms with Crippen LogP contribution >= 0.6 is 0 Å². The molecule has 2 aliphatic rings. The molecule has 2 aliphatic heterocycles. The summed E-state index contributed by atoms with van der Waals surface area (Å²) in [5.41, 5.74) is 0. The molecule has 21 heavy (non-hydrogen) atoms. The van der Waals surface area contributed by atoms with Crippen LogP contribution in [-0.2, 0) is 14.3 Å². The SMILES string of the molecule is CCOC(=O)C1CCN(C(=NC)NCC2CCOC2)CC1. The van der Waals surface area contributed by atoms with Gasteiger partial charge in [-0.25, -0.2) is 0 Å². The van der Waals surface area contributed by atoms with E-state index in [0.717, 1.165) is 58.1 Å². The molecule has 2 fully saturated rings. The first kappa shape index (κ1) is 16.1. The first-order valence-corrected chi connectivity index (χ1v) is 7.94. The molecular formula is C15H27N3O3. The fourth-order valence-electron chi connectivity index (χ4n) is 2.90. The van der Waals surface area contributed by atoms with Crippen LogP contribution in [0.2, 0.25) is 0 Å². The molecule has 0 saturated carbocycles. The Bertz CT molecular complexity index is 359. The van der Waals surface area contributed by atoms with E-state index in [4.69, 9.17) is 9.47 Å². The zero-order valence-electron chi connectivity index (χ0n) is 13.1. The summed E-state index contributed by atoms with van der Waals surface area (Å²) < 4.78 is 10.5. The van der Waals surface area contributed by atoms with E-state index in [1.54, 1.807) is 0 Å². The van der Waals surface area contributed by atoms with Gasteiger partial charge in [-0.3, -0.25) is 9.79 Å². The van der Waals surface area contributed by atoms with Crippen LogP contribution in [0, 0.1) is 11.8 Å². The number of guanidine groups is 1. The molecule has 2 heterocycles. The smallest absolute Gasteiger partial charge is 0.309 e. The molecule has 120 valence electrons. The maximum absolute atomic E-state index is 11.7. The number of hydrogen-bond acceptors (Lipinski definition) is 4. The molecule has 2 rings (SSSR count). The molecule has 0 amide bonds. The number of nitrogens with zero attached hydrogens (tertiary/aromatic N) is 2. The van der Waals surface area contributed by atoms with Crippen LogP contribution in [0.4, 0.5) is 0 Å². The lowest BCUT2D eigenvalue weighted by Gasteiger charge is -2.33. The third-order valence-electron chi connectivity index (χ3n) is 4.20. The van der Waals surface area contributed by atoms with E-state index in [1.807, 2.05) is 14.0 Å². The Kier molecular flexibility index (Phi) is 6.29. The summed E-state index contributed by atoms with van der Waals surface area (Å²) in [5, 5.41) is 3.43. The highest BCUT2D eigenvalue weighted by Crippen LogP contribution is 2.19. The summed E-state index contributed by atoms with van der Waals surface area (Å²) in [6.07, 6.45) is 2.80. The zero-order chi connectivity index (χ0) is 15.1. The molecule has 1 atom stereocenters. The Morgan fingerprint density at radius 1 is 1.38 bits per heavy atom. The quantitative estimate of drug-likeness (QED) is 0.474. The molecule has 0 radical (unpaired) electrons. The summed E-state index contributed by atoms with van der Waals surface area (Å²) in [6.45, 7) is 6.64. The van der Waals surface area contributed by atoms with Crippen LogP contribution in [0.5, 0.6) is 0 Å². The molecule has 2 saturated heterocycles. The minimum atomic E-state index is -0.0526. The normalized spacial score (nSPS) is 24.2. The van der Waals surface area contributed by atoms with Crippen LogP contribution in [0.25, 0.3) is 0 Å². The number of ether oxygens (including phenoxy) is 2. The van der Waals surface area contributed by atoms with E-state index >= 15 is 0 Å². The molecule has 0 aromatic rings. The van der Waals surface area contributed by atoms with Crippen molar-refractivity contribution >= 4 is 11.9 Å². The van der Waals surface area contributed by atoms with Crippen LogP contribution in [0.3, 0.4) is 0 Å². The highest BCUT2D eigenvalue weighted by molar-refractivity contribution is 5.80. The average molecular weight is 297 g/mol. The monoisotopic (exact) mass is 297 g/mol. The van der Waals surface area contributed by atoms with Gasteiger partial charge in [0, 0.05) is 39.2 Å². The third kappa shape index (κ3) is 4.59. The number of rotatable bonds is 4. The van der Waals surface area contributed by atoms with E-state index in [9.17, 15) is 4.79 Å². The molecule has 0 bridgehead atoms. The molecule has 0 spiro atoms. The summed E-state index contributed by atoms with van der Waals surface area (Å²) in [5.74, 6) is 1.51. The number of esters is 1. The maximum Gasteiger partial charge on any atom is 0.309 e. The average Bonchev–Trinajstić information content (AvgIpc) is 3.02. The van der Waals surface area contributed by atoms with E-state index in [-0.39, 0.29) is 11.9 Å². The van der Waals surface area contributed by atoms with Crippen LogP contribution in [-0.4, -0.2) is 63.3 Å². The second kappa shape index (κ2) is 8.22. The van der Waals surface area contributed by atoms with E-state index in [2.05, 4.69) is 15.2 Å². The number of carbonyl (C=O) groups excluding carboxylic acids is 1. The molecule has 0 aliphatic carbocycles. The Labute approximate surface area is 126 Å². The number of aliphatic imine (C=N–C) groups is 1. The van der Waals surface area contributed by atoms with Gasteiger partial charge in [0.25, 0.3) is 0 Å². The largest absolute Gasteiger partial charge is 0.466 e. The third-order valence-corrected chi connectivity index (χ3v) is 4.20. The number of hydrogen-bond donors (Lipinski definition) is 1. The molecule has 1 unspecified atom stereocenters. The van der Waals surface area contributed by atoms with Crippen molar-refractivity contribution in [3.8, 4) is 0 Å². The minimum absolute atomic E-state index is 0.0440. The topological polar surface area (TPSA) is 63.2 Å². The van der Waals surface area contributed by atoms with Crippen molar-refractivity contribution in [2.75, 3.05) is 46.5 Å². The van der Waals surface area contributed by atoms with Gasteiger partial charge in [0.05, 0.1) is 19.1 Å². The molecule has 6 heteroatoms. The van der Waals surface area contributed by atoms with Crippen molar-refractivity contribution in [1.29, 1.82) is 0 Å². The van der Waals surface area contributed by atoms with Gasteiger partial charge < -0.3 is 19.7 Å². The van der Waals surface area contributed by atoms with E-state index < -0.39 is 0 Å². The Morgan fingerprint density at radius 3 is 2.71 bits per heavy atom. The van der Waals surface area contributed by atoms with E-state index in [1.165, 1.54) is 0 Å². The second-order valence-corrected chi connectivity index (χ2v) is 5.67. The molecule has 1 N–H and O–H groups in total. The van der Waals surface area contributed by atoms with Crippen molar-refractivity contribution < 1.29 is 14.3 Å². The van der Waals surface area contributed by atoms with Gasteiger partial charge in [0.1, 0.15) is 0 Å². The highest BCUT2D eigenvalue weighted by atomic mass is 16.5. The van der Waals surface area contributed by atoms with Crippen LogP contribution < -0.4 is 5.32 Å². The summed E-state index contributed by atoms with van der Waals surface area (Å²) in [7, 11) is 1.81. The minimum Gasteiger partial charge on any atom is -0.466 e. The van der Waals surface area contributed by atoms with Gasteiger partial charge in [-0.1, -0.05) is 0 Å². The van der Waals surface area contributed by atoms with Crippen molar-refractivity contribution in [2.45, 2.75) is 26.2 Å². The molecule has 0 aromatic carbocycles. The van der Waals surface area contributed by atoms with Gasteiger partial charge in [-0.2, -0.15) is 0 Å². The van der Waals surface area contributed by atoms with Crippen molar-refractivity contribution in [2.24, 2.45) is 16.8 Å². The lowest BCUT2D eigenvalue weighted by molar-refractivity contribution is -0.149. The van der Waals surface area contributed by atoms with Crippen molar-refractivity contribution in [1.82, 2.24) is 10.2 Å². The lowest BCUT2D eigenvalue weighted by atomic mass is 9.97. The van der Waals surface area contributed by atoms with Gasteiger partial charge in [-0.05, 0) is 26.2 Å². The fraction of sp³-hybridized carbons (Fsp3) is 0.867. The Morgan fingerprint density at radius 2 is 2.14 bits per heavy atom. The molecule has 0 aromatic heterocycles.